The van der Waals surface area contributed by atoms with Gasteiger partial charge in [0, 0.05) is 48.8 Å². The quantitative estimate of drug-likeness (QED) is 0.669. The molecule has 1 aliphatic carbocycles. The second kappa shape index (κ2) is 6.48. The molecule has 5 heterocycles. The highest BCUT2D eigenvalue weighted by Crippen LogP contribution is 2.41. The van der Waals surface area contributed by atoms with Crippen molar-refractivity contribution in [2.45, 2.75) is 44.4 Å². The number of carbonyl (C=O) groups excluding carboxylic acids is 1. The van der Waals surface area contributed by atoms with Crippen LogP contribution in [0.1, 0.15) is 25.0 Å². The molecule has 1 saturated carbocycles. The molecule has 3 aromatic rings. The number of amides is 1. The highest BCUT2D eigenvalue weighted by atomic mass is 19.1. The summed E-state index contributed by atoms with van der Waals surface area (Å²) in [5.41, 5.74) is 4.09. The number of anilines is 1. The Kier molecular flexibility index (Phi) is 3.85. The van der Waals surface area contributed by atoms with Gasteiger partial charge in [0.1, 0.15) is 18.0 Å². The van der Waals surface area contributed by atoms with Crippen molar-refractivity contribution >= 4 is 17.2 Å². The highest BCUT2D eigenvalue weighted by Gasteiger charge is 2.51. The van der Waals surface area contributed by atoms with Crippen LogP contribution in [0.3, 0.4) is 0 Å². The number of pyridine rings is 1. The van der Waals surface area contributed by atoms with E-state index in [0.29, 0.717) is 6.42 Å². The number of hydrogen-bond acceptors (Lipinski definition) is 5. The van der Waals surface area contributed by atoms with Gasteiger partial charge in [-0.3, -0.25) is 9.78 Å². The van der Waals surface area contributed by atoms with Crippen molar-refractivity contribution in [2.75, 3.05) is 18.0 Å². The lowest BCUT2D eigenvalue weighted by atomic mass is 10.1. The molecule has 0 spiro atoms. The molecule has 3 fully saturated rings. The van der Waals surface area contributed by atoms with Gasteiger partial charge in [-0.1, -0.05) is 0 Å². The molecule has 8 heteroatoms. The van der Waals surface area contributed by atoms with Gasteiger partial charge in [-0.15, -0.1) is 0 Å². The van der Waals surface area contributed by atoms with Gasteiger partial charge in [0.05, 0.1) is 5.92 Å². The number of aromatic nitrogens is 4. The summed E-state index contributed by atoms with van der Waals surface area (Å²) < 4.78 is 15.3. The van der Waals surface area contributed by atoms with Crippen LogP contribution in [0.15, 0.2) is 36.9 Å². The summed E-state index contributed by atoms with van der Waals surface area (Å²) in [6.45, 7) is 3.44. The Balaban J connectivity index is 1.31. The van der Waals surface area contributed by atoms with Crippen LogP contribution >= 0.6 is 0 Å². The minimum Gasteiger partial charge on any atom is -0.351 e. The molecule has 6 rings (SSSR count). The lowest BCUT2D eigenvalue weighted by Gasteiger charge is -2.41. The summed E-state index contributed by atoms with van der Waals surface area (Å²) in [4.78, 5) is 25.8. The van der Waals surface area contributed by atoms with Crippen LogP contribution in [-0.4, -0.2) is 61.7 Å². The van der Waals surface area contributed by atoms with Crippen LogP contribution in [0, 0.1) is 12.8 Å². The molecule has 3 aromatic heterocycles. The van der Waals surface area contributed by atoms with E-state index >= 15 is 0 Å². The topological polar surface area (TPSA) is 66.6 Å². The number of alkyl halides is 1. The Morgan fingerprint density at radius 2 is 1.90 bits per heavy atom. The van der Waals surface area contributed by atoms with E-state index in [-0.39, 0.29) is 18.0 Å². The van der Waals surface area contributed by atoms with E-state index in [0.717, 1.165) is 54.1 Å². The Morgan fingerprint density at radius 1 is 1.13 bits per heavy atom. The number of nitrogens with zero attached hydrogens (tertiary/aromatic N) is 6. The summed E-state index contributed by atoms with van der Waals surface area (Å²) in [7, 11) is 0. The first-order valence-electron chi connectivity index (χ1n) is 10.6. The number of aryl methyl sites for hydroxylation is 1. The summed E-state index contributed by atoms with van der Waals surface area (Å²) in [6.07, 6.45) is 6.81. The SMILES string of the molecule is Cc1cc(-c2cc3c(N4CC5CCC(C4)N5C(=O)[C@@H]4C[C@H]4F)ncnn3c2)ccn1. The zero-order valence-corrected chi connectivity index (χ0v) is 16.8. The molecule has 2 aliphatic heterocycles. The average molecular weight is 406 g/mol. The molecule has 0 aromatic carbocycles. The van der Waals surface area contributed by atoms with Crippen LogP contribution < -0.4 is 4.90 Å². The van der Waals surface area contributed by atoms with Gasteiger partial charge >= 0.3 is 0 Å². The van der Waals surface area contributed by atoms with E-state index in [9.17, 15) is 9.18 Å². The molecule has 0 radical (unpaired) electrons. The van der Waals surface area contributed by atoms with Crippen molar-refractivity contribution in [2.24, 2.45) is 5.92 Å². The lowest BCUT2D eigenvalue weighted by Crippen LogP contribution is -2.56. The first-order chi connectivity index (χ1) is 14.6. The first kappa shape index (κ1) is 17.8. The molecule has 30 heavy (non-hydrogen) atoms. The number of hydrogen-bond donors (Lipinski definition) is 0. The third-order valence-electron chi connectivity index (χ3n) is 6.68. The van der Waals surface area contributed by atoms with Crippen molar-refractivity contribution in [1.29, 1.82) is 0 Å². The third kappa shape index (κ3) is 2.77. The first-order valence-corrected chi connectivity index (χ1v) is 10.6. The summed E-state index contributed by atoms with van der Waals surface area (Å²) in [6, 6.07) is 6.44. The van der Waals surface area contributed by atoms with E-state index in [4.69, 9.17) is 0 Å². The van der Waals surface area contributed by atoms with Crippen LogP contribution in [0.5, 0.6) is 0 Å². The van der Waals surface area contributed by atoms with Gasteiger partial charge in [0.15, 0.2) is 5.82 Å². The molecule has 0 N–H and O–H groups in total. The fraction of sp³-hybridized carbons (Fsp3) is 0.455. The molecule has 2 saturated heterocycles. The number of halogens is 1. The second-order valence-corrected chi connectivity index (χ2v) is 8.72. The van der Waals surface area contributed by atoms with Crippen LogP contribution in [0.4, 0.5) is 10.2 Å². The maximum Gasteiger partial charge on any atom is 0.229 e. The smallest absolute Gasteiger partial charge is 0.229 e. The molecular formula is C22H23FN6O. The summed E-state index contributed by atoms with van der Waals surface area (Å²) >= 11 is 0. The zero-order chi connectivity index (χ0) is 20.4. The maximum absolute atomic E-state index is 13.5. The normalized spacial score (nSPS) is 27.7. The van der Waals surface area contributed by atoms with Gasteiger partial charge in [-0.05, 0) is 49.9 Å². The lowest BCUT2D eigenvalue weighted by molar-refractivity contribution is -0.136. The predicted octanol–water partition coefficient (Wildman–Crippen LogP) is 2.64. The number of rotatable bonds is 3. The van der Waals surface area contributed by atoms with E-state index in [2.05, 4.69) is 32.1 Å². The third-order valence-corrected chi connectivity index (χ3v) is 6.68. The number of fused-ring (bicyclic) bond motifs is 3. The fourth-order valence-electron chi connectivity index (χ4n) is 5.09. The van der Waals surface area contributed by atoms with Crippen molar-refractivity contribution < 1.29 is 9.18 Å². The van der Waals surface area contributed by atoms with Crippen molar-refractivity contribution in [3.63, 3.8) is 0 Å². The summed E-state index contributed by atoms with van der Waals surface area (Å²) in [5.74, 6) is 0.503. The molecule has 7 nitrogen and oxygen atoms in total. The Hall–Kier alpha value is -3.03. The Labute approximate surface area is 173 Å². The maximum atomic E-state index is 13.5. The van der Waals surface area contributed by atoms with Crippen LogP contribution in [-0.2, 0) is 4.79 Å². The van der Waals surface area contributed by atoms with Crippen LogP contribution in [0.2, 0.25) is 0 Å². The second-order valence-electron chi connectivity index (χ2n) is 8.72. The molecule has 2 unspecified atom stereocenters. The van der Waals surface area contributed by atoms with E-state index < -0.39 is 12.1 Å². The van der Waals surface area contributed by atoms with E-state index in [1.807, 2.05) is 34.8 Å². The van der Waals surface area contributed by atoms with Crippen molar-refractivity contribution in [1.82, 2.24) is 24.5 Å². The van der Waals surface area contributed by atoms with Crippen LogP contribution in [0.25, 0.3) is 16.6 Å². The monoisotopic (exact) mass is 406 g/mol. The number of piperazine rings is 1. The number of carbonyl (C=O) groups is 1. The Bertz CT molecular complexity index is 1130. The average Bonchev–Trinajstić information content (AvgIpc) is 3.21. The molecule has 3 aliphatic rings. The highest BCUT2D eigenvalue weighted by molar-refractivity contribution is 5.84. The minimum absolute atomic E-state index is 0.0144. The van der Waals surface area contributed by atoms with Gasteiger partial charge in [0.25, 0.3) is 0 Å². The molecule has 1 amide bonds. The van der Waals surface area contributed by atoms with Gasteiger partial charge in [0.2, 0.25) is 5.91 Å². The van der Waals surface area contributed by atoms with E-state index in [1.54, 1.807) is 6.33 Å². The standard InChI is InChI=1S/C22H23FN6O/c1-13-6-14(4-5-24-13)15-7-20-21(25-12-26-28(20)9-15)27-10-16-2-3-17(11-27)29(16)22(30)18-8-19(18)23/h4-7,9,12,16-19H,2-3,8,10-11H2,1H3/t16?,17?,18-,19-/m1/s1. The predicted molar refractivity (Wildman–Crippen MR) is 110 cm³/mol. The zero-order valence-electron chi connectivity index (χ0n) is 16.8. The van der Waals surface area contributed by atoms with E-state index in [1.165, 1.54) is 0 Å². The van der Waals surface area contributed by atoms with Crippen molar-refractivity contribution in [3.05, 3.63) is 42.6 Å². The molecule has 4 atom stereocenters. The fourth-order valence-corrected chi connectivity index (χ4v) is 5.09. The van der Waals surface area contributed by atoms with Gasteiger partial charge in [-0.2, -0.15) is 5.10 Å². The molecule has 2 bridgehead atoms. The Morgan fingerprint density at radius 3 is 2.60 bits per heavy atom. The largest absolute Gasteiger partial charge is 0.351 e. The minimum atomic E-state index is -0.938. The van der Waals surface area contributed by atoms with Gasteiger partial charge in [-0.25, -0.2) is 13.9 Å². The molecule has 154 valence electrons. The van der Waals surface area contributed by atoms with Crippen molar-refractivity contribution in [3.8, 4) is 11.1 Å². The summed E-state index contributed by atoms with van der Waals surface area (Å²) in [5, 5.41) is 4.40. The van der Waals surface area contributed by atoms with Gasteiger partial charge < -0.3 is 9.80 Å². The molecular weight excluding hydrogens is 383 g/mol.